The second-order valence-corrected chi connectivity index (χ2v) is 5.91. The van der Waals surface area contributed by atoms with Gasteiger partial charge >= 0.3 is 0 Å². The highest BCUT2D eigenvalue weighted by Crippen LogP contribution is 2.27. The van der Waals surface area contributed by atoms with Crippen molar-refractivity contribution < 1.29 is 14.6 Å². The van der Waals surface area contributed by atoms with Crippen molar-refractivity contribution in [2.75, 3.05) is 6.54 Å². The SMILES string of the molecule is NCCc1c(Cc2ccccc2)ncn1Cc1cc(O)c(F)c(O)c1. The molecule has 0 unspecified atom stereocenters. The molecule has 0 saturated heterocycles. The van der Waals surface area contributed by atoms with E-state index in [1.54, 1.807) is 6.33 Å². The van der Waals surface area contributed by atoms with E-state index >= 15 is 0 Å². The first-order valence-electron chi connectivity index (χ1n) is 8.05. The molecule has 6 heteroatoms. The molecule has 2 aromatic carbocycles. The summed E-state index contributed by atoms with van der Waals surface area (Å²) in [6.45, 7) is 0.839. The third kappa shape index (κ3) is 3.80. The molecule has 0 aliphatic carbocycles. The van der Waals surface area contributed by atoms with Crippen LogP contribution >= 0.6 is 0 Å². The summed E-state index contributed by atoms with van der Waals surface area (Å²) < 4.78 is 15.3. The number of halogens is 1. The average Bonchev–Trinajstić information content (AvgIpc) is 2.96. The average molecular weight is 341 g/mol. The molecule has 0 aliphatic heterocycles. The third-order valence-corrected chi connectivity index (χ3v) is 4.08. The van der Waals surface area contributed by atoms with Gasteiger partial charge in [0.15, 0.2) is 11.5 Å². The Kier molecular flexibility index (Phi) is 5.00. The summed E-state index contributed by atoms with van der Waals surface area (Å²) >= 11 is 0. The summed E-state index contributed by atoms with van der Waals surface area (Å²) in [6.07, 6.45) is 3.06. The van der Waals surface area contributed by atoms with Crippen LogP contribution in [-0.4, -0.2) is 26.3 Å². The second-order valence-electron chi connectivity index (χ2n) is 5.91. The molecule has 130 valence electrons. The molecule has 5 nitrogen and oxygen atoms in total. The van der Waals surface area contributed by atoms with Crippen LogP contribution in [0.2, 0.25) is 0 Å². The normalized spacial score (nSPS) is 11.0. The molecule has 25 heavy (non-hydrogen) atoms. The Hall–Kier alpha value is -2.86. The summed E-state index contributed by atoms with van der Waals surface area (Å²) in [4.78, 5) is 4.50. The lowest BCUT2D eigenvalue weighted by Crippen LogP contribution is -2.11. The molecule has 0 bridgehead atoms. The van der Waals surface area contributed by atoms with Crippen molar-refractivity contribution in [3.8, 4) is 11.5 Å². The van der Waals surface area contributed by atoms with Gasteiger partial charge in [-0.2, -0.15) is 4.39 Å². The highest BCUT2D eigenvalue weighted by molar-refractivity contribution is 5.39. The Morgan fingerprint density at radius 1 is 1.04 bits per heavy atom. The number of aromatic nitrogens is 2. The Morgan fingerprint density at radius 2 is 1.72 bits per heavy atom. The predicted molar refractivity (Wildman–Crippen MR) is 93.1 cm³/mol. The summed E-state index contributed by atoms with van der Waals surface area (Å²) in [6, 6.07) is 12.6. The molecule has 0 fully saturated rings. The third-order valence-electron chi connectivity index (χ3n) is 4.08. The largest absolute Gasteiger partial charge is 0.505 e. The molecule has 3 rings (SSSR count). The van der Waals surface area contributed by atoms with Gasteiger partial charge in [0, 0.05) is 25.1 Å². The van der Waals surface area contributed by atoms with Crippen molar-refractivity contribution in [3.05, 3.63) is 77.1 Å². The van der Waals surface area contributed by atoms with Crippen LogP contribution in [0, 0.1) is 5.82 Å². The van der Waals surface area contributed by atoms with E-state index in [1.807, 2.05) is 34.9 Å². The molecule has 0 atom stereocenters. The number of phenols is 2. The Labute approximate surface area is 145 Å². The zero-order chi connectivity index (χ0) is 17.8. The first kappa shape index (κ1) is 17.0. The quantitative estimate of drug-likeness (QED) is 0.643. The smallest absolute Gasteiger partial charge is 0.206 e. The minimum Gasteiger partial charge on any atom is -0.505 e. The lowest BCUT2D eigenvalue weighted by Gasteiger charge is -2.11. The number of rotatable bonds is 6. The fourth-order valence-corrected chi connectivity index (χ4v) is 2.89. The molecule has 0 amide bonds. The van der Waals surface area contributed by atoms with Gasteiger partial charge < -0.3 is 20.5 Å². The van der Waals surface area contributed by atoms with Crippen LogP contribution in [0.3, 0.4) is 0 Å². The lowest BCUT2D eigenvalue weighted by atomic mass is 10.1. The Balaban J connectivity index is 1.89. The first-order valence-corrected chi connectivity index (χ1v) is 8.05. The summed E-state index contributed by atoms with van der Waals surface area (Å²) in [5.74, 6) is -2.15. The highest BCUT2D eigenvalue weighted by Gasteiger charge is 2.14. The molecule has 3 aromatic rings. The highest BCUT2D eigenvalue weighted by atomic mass is 19.1. The van der Waals surface area contributed by atoms with Gasteiger partial charge in [0.1, 0.15) is 0 Å². The molecule has 0 saturated carbocycles. The van der Waals surface area contributed by atoms with Crippen molar-refractivity contribution in [2.24, 2.45) is 5.73 Å². The van der Waals surface area contributed by atoms with Gasteiger partial charge in [0.05, 0.1) is 12.0 Å². The summed E-state index contributed by atoms with van der Waals surface area (Å²) in [5.41, 5.74) is 9.41. The van der Waals surface area contributed by atoms with E-state index in [0.717, 1.165) is 17.0 Å². The number of nitrogens with two attached hydrogens (primary N) is 1. The molecule has 1 aromatic heterocycles. The number of nitrogens with zero attached hydrogens (tertiary/aromatic N) is 2. The summed E-state index contributed by atoms with van der Waals surface area (Å²) in [7, 11) is 0. The fraction of sp³-hybridized carbons (Fsp3) is 0.211. The molecular formula is C19H20FN3O2. The van der Waals surface area contributed by atoms with Crippen LogP contribution in [0.5, 0.6) is 11.5 Å². The van der Waals surface area contributed by atoms with Crippen molar-refractivity contribution in [3.63, 3.8) is 0 Å². The van der Waals surface area contributed by atoms with Crippen molar-refractivity contribution in [2.45, 2.75) is 19.4 Å². The number of aromatic hydroxyl groups is 2. The number of benzene rings is 2. The van der Waals surface area contributed by atoms with Crippen molar-refractivity contribution in [1.82, 2.24) is 9.55 Å². The standard InChI is InChI=1S/C19H20FN3O2/c20-19-17(24)9-14(10-18(19)25)11-23-12-22-15(16(23)6-7-21)8-13-4-2-1-3-5-13/h1-5,9-10,12,24-25H,6-8,11,21H2. The van der Waals surface area contributed by atoms with Crippen molar-refractivity contribution >= 4 is 0 Å². The van der Waals surface area contributed by atoms with Crippen LogP contribution < -0.4 is 5.73 Å². The predicted octanol–water partition coefficient (Wildman–Crippen LogP) is 2.57. The molecule has 0 radical (unpaired) electrons. The number of imidazole rings is 1. The minimum atomic E-state index is -1.01. The minimum absolute atomic E-state index is 0.360. The van der Waals surface area contributed by atoms with Gasteiger partial charge in [-0.25, -0.2) is 4.98 Å². The van der Waals surface area contributed by atoms with Crippen LogP contribution in [0.1, 0.15) is 22.5 Å². The van der Waals surface area contributed by atoms with Gasteiger partial charge in [-0.15, -0.1) is 0 Å². The van der Waals surface area contributed by atoms with Crippen LogP contribution in [0.25, 0.3) is 0 Å². The zero-order valence-corrected chi connectivity index (χ0v) is 13.7. The molecular weight excluding hydrogens is 321 g/mol. The second kappa shape index (κ2) is 7.36. The van der Waals surface area contributed by atoms with Gasteiger partial charge in [-0.3, -0.25) is 0 Å². The van der Waals surface area contributed by atoms with Gasteiger partial charge in [-0.05, 0) is 29.8 Å². The maximum Gasteiger partial charge on any atom is 0.206 e. The molecule has 1 heterocycles. The van der Waals surface area contributed by atoms with Crippen molar-refractivity contribution in [1.29, 1.82) is 0 Å². The van der Waals surface area contributed by atoms with E-state index in [9.17, 15) is 14.6 Å². The van der Waals surface area contributed by atoms with E-state index in [4.69, 9.17) is 5.73 Å². The number of hydrogen-bond donors (Lipinski definition) is 3. The van der Waals surface area contributed by atoms with E-state index in [0.29, 0.717) is 31.5 Å². The van der Waals surface area contributed by atoms with Crippen LogP contribution in [0.15, 0.2) is 48.8 Å². The van der Waals surface area contributed by atoms with E-state index in [1.165, 1.54) is 12.1 Å². The van der Waals surface area contributed by atoms with E-state index in [-0.39, 0.29) is 0 Å². The lowest BCUT2D eigenvalue weighted by molar-refractivity contribution is 0.388. The number of hydrogen-bond acceptors (Lipinski definition) is 4. The van der Waals surface area contributed by atoms with E-state index in [2.05, 4.69) is 4.98 Å². The monoisotopic (exact) mass is 341 g/mol. The van der Waals surface area contributed by atoms with E-state index < -0.39 is 17.3 Å². The topological polar surface area (TPSA) is 84.3 Å². The maximum atomic E-state index is 13.4. The van der Waals surface area contributed by atoms with Crippen LogP contribution in [-0.2, 0) is 19.4 Å². The fourth-order valence-electron chi connectivity index (χ4n) is 2.89. The van der Waals surface area contributed by atoms with Gasteiger partial charge in [0.2, 0.25) is 5.82 Å². The summed E-state index contributed by atoms with van der Waals surface area (Å²) in [5, 5.41) is 19.1. The first-order chi connectivity index (χ1) is 12.1. The Morgan fingerprint density at radius 3 is 2.36 bits per heavy atom. The molecule has 0 spiro atoms. The molecule has 4 N–H and O–H groups in total. The maximum absolute atomic E-state index is 13.4. The van der Waals surface area contributed by atoms with Gasteiger partial charge in [-0.1, -0.05) is 30.3 Å². The Bertz CT molecular complexity index is 839. The van der Waals surface area contributed by atoms with Gasteiger partial charge in [0.25, 0.3) is 0 Å². The zero-order valence-electron chi connectivity index (χ0n) is 13.7. The molecule has 0 aliphatic rings. The van der Waals surface area contributed by atoms with Crippen LogP contribution in [0.4, 0.5) is 4.39 Å². The number of phenolic OH excluding ortho intramolecular Hbond substituents is 2.